The van der Waals surface area contributed by atoms with Gasteiger partial charge in [-0.2, -0.15) is 13.2 Å². The van der Waals surface area contributed by atoms with Gasteiger partial charge in [0.1, 0.15) is 33.5 Å². The highest BCUT2D eigenvalue weighted by molar-refractivity contribution is 7.13. The molecule has 10 nitrogen and oxygen atoms in total. The lowest BCUT2D eigenvalue weighted by Crippen LogP contribution is -2.28. The number of nitrogens with zero attached hydrogens (tertiary/aromatic N) is 5. The van der Waals surface area contributed by atoms with Gasteiger partial charge in [-0.25, -0.2) is 19.9 Å². The largest absolute Gasteiger partial charge is 0.416 e. The van der Waals surface area contributed by atoms with E-state index in [9.17, 15) is 22.8 Å². The number of aromatic nitrogens is 4. The van der Waals surface area contributed by atoms with E-state index in [0.29, 0.717) is 17.1 Å². The summed E-state index contributed by atoms with van der Waals surface area (Å²) in [6, 6.07) is 0.780. The number of hydrogen-bond donors (Lipinski definition) is 3. The number of nitrogen functional groups attached to an aromatic ring is 1. The van der Waals surface area contributed by atoms with Crippen LogP contribution in [0.25, 0.3) is 0 Å². The summed E-state index contributed by atoms with van der Waals surface area (Å²) in [5.74, 6) is -1.10. The molecule has 14 heteroatoms. The van der Waals surface area contributed by atoms with Crippen molar-refractivity contribution in [2.45, 2.75) is 39.0 Å². The number of carbonyl (C=O) groups excluding carboxylic acids is 2. The molecule has 4 rings (SSSR count). The van der Waals surface area contributed by atoms with E-state index in [2.05, 4.69) is 35.5 Å². The number of nitrogens with one attached hydrogen (secondary N) is 2. The number of pyridine rings is 1. The van der Waals surface area contributed by atoms with Crippen LogP contribution in [-0.4, -0.2) is 49.7 Å². The van der Waals surface area contributed by atoms with E-state index in [1.807, 2.05) is 0 Å². The van der Waals surface area contributed by atoms with Crippen LogP contribution in [0.3, 0.4) is 0 Å². The first-order valence-electron chi connectivity index (χ1n) is 11.0. The standard InChI is InChI=1S/C22H23F3N8O2S/c1-12-7-27-16(6-14(12)22(23,24)25)32-20(34)15-8-28-17(36-15)9-29-21(35)18-13(19(26)31-11-30-18)10-33-4-2-3-5-33/h6-8,11H,2-5,9-10H2,1H3,(H,29,35)(H2,26,30,31)(H,27,32,34). The highest BCUT2D eigenvalue weighted by Crippen LogP contribution is 2.32. The van der Waals surface area contributed by atoms with E-state index in [1.165, 1.54) is 19.4 Å². The monoisotopic (exact) mass is 520 g/mol. The Morgan fingerprint density at radius 3 is 2.58 bits per heavy atom. The zero-order valence-electron chi connectivity index (χ0n) is 19.2. The minimum Gasteiger partial charge on any atom is -0.383 e. The predicted octanol–water partition coefficient (Wildman–Crippen LogP) is 3.02. The van der Waals surface area contributed by atoms with Crippen LogP contribution in [0.2, 0.25) is 0 Å². The molecule has 4 N–H and O–H groups in total. The van der Waals surface area contributed by atoms with Gasteiger partial charge in [0.2, 0.25) is 0 Å². The molecule has 2 amide bonds. The average molecular weight is 521 g/mol. The van der Waals surface area contributed by atoms with Crippen molar-refractivity contribution in [3.63, 3.8) is 0 Å². The Balaban J connectivity index is 1.39. The summed E-state index contributed by atoms with van der Waals surface area (Å²) in [6.45, 7) is 3.60. The molecular formula is C22H23F3N8O2S. The molecule has 0 atom stereocenters. The highest BCUT2D eigenvalue weighted by Gasteiger charge is 2.33. The van der Waals surface area contributed by atoms with Crippen molar-refractivity contribution in [2.24, 2.45) is 0 Å². The van der Waals surface area contributed by atoms with E-state index in [-0.39, 0.29) is 34.3 Å². The number of carbonyl (C=O) groups is 2. The average Bonchev–Trinajstić information content (AvgIpc) is 3.51. The van der Waals surface area contributed by atoms with E-state index in [4.69, 9.17) is 5.73 Å². The molecule has 4 heterocycles. The van der Waals surface area contributed by atoms with Crippen molar-refractivity contribution < 1.29 is 22.8 Å². The number of nitrogens with two attached hydrogens (primary N) is 1. The maximum atomic E-state index is 13.1. The fourth-order valence-corrected chi connectivity index (χ4v) is 4.51. The smallest absolute Gasteiger partial charge is 0.383 e. The van der Waals surface area contributed by atoms with Crippen molar-refractivity contribution in [2.75, 3.05) is 24.1 Å². The number of aryl methyl sites for hydroxylation is 1. The second-order valence-corrected chi connectivity index (χ2v) is 9.32. The van der Waals surface area contributed by atoms with E-state index >= 15 is 0 Å². The first-order chi connectivity index (χ1) is 17.1. The SMILES string of the molecule is Cc1cnc(NC(=O)c2cnc(CNC(=O)c3ncnc(N)c3CN3CCCC3)s2)cc1C(F)(F)F. The number of thiazole rings is 1. The zero-order valence-corrected chi connectivity index (χ0v) is 20.0. The van der Waals surface area contributed by atoms with Crippen molar-refractivity contribution >= 4 is 34.8 Å². The third-order valence-electron chi connectivity index (χ3n) is 5.60. The van der Waals surface area contributed by atoms with E-state index < -0.39 is 23.6 Å². The lowest BCUT2D eigenvalue weighted by molar-refractivity contribution is -0.138. The first kappa shape index (κ1) is 25.4. The molecule has 0 bridgehead atoms. The molecule has 0 unspecified atom stereocenters. The molecule has 190 valence electrons. The fraction of sp³-hybridized carbons (Fsp3) is 0.364. The molecule has 0 aromatic carbocycles. The second kappa shape index (κ2) is 10.5. The van der Waals surface area contributed by atoms with Crippen LogP contribution in [0, 0.1) is 6.92 Å². The topological polar surface area (TPSA) is 139 Å². The number of halogens is 3. The zero-order chi connectivity index (χ0) is 25.9. The van der Waals surface area contributed by atoms with Gasteiger partial charge in [0.25, 0.3) is 11.8 Å². The second-order valence-electron chi connectivity index (χ2n) is 8.21. The van der Waals surface area contributed by atoms with Gasteiger partial charge in [0, 0.05) is 18.3 Å². The molecule has 0 radical (unpaired) electrons. The number of amides is 2. The minimum atomic E-state index is -4.56. The normalized spacial score (nSPS) is 14.1. The van der Waals surface area contributed by atoms with Crippen molar-refractivity contribution in [3.8, 4) is 0 Å². The summed E-state index contributed by atoms with van der Waals surface area (Å²) in [6.07, 6.45) is 1.15. The molecule has 0 spiro atoms. The number of anilines is 2. The Bertz CT molecular complexity index is 1270. The van der Waals surface area contributed by atoms with Crippen molar-refractivity contribution in [3.05, 3.63) is 57.1 Å². The minimum absolute atomic E-state index is 0.0187. The van der Waals surface area contributed by atoms with Gasteiger partial charge in [-0.1, -0.05) is 0 Å². The van der Waals surface area contributed by atoms with Crippen LogP contribution < -0.4 is 16.4 Å². The van der Waals surface area contributed by atoms with Gasteiger partial charge in [-0.05, 0) is 44.5 Å². The summed E-state index contributed by atoms with van der Waals surface area (Å²) in [7, 11) is 0. The summed E-state index contributed by atoms with van der Waals surface area (Å²) >= 11 is 0.990. The van der Waals surface area contributed by atoms with Crippen LogP contribution in [0.15, 0.2) is 24.8 Å². The third kappa shape index (κ3) is 5.94. The van der Waals surface area contributed by atoms with Crippen LogP contribution in [0.4, 0.5) is 24.8 Å². The van der Waals surface area contributed by atoms with Gasteiger partial charge >= 0.3 is 6.18 Å². The third-order valence-corrected chi connectivity index (χ3v) is 6.60. The molecule has 3 aromatic rings. The maximum Gasteiger partial charge on any atom is 0.416 e. The highest BCUT2D eigenvalue weighted by atomic mass is 32.1. The first-order valence-corrected chi connectivity index (χ1v) is 11.8. The van der Waals surface area contributed by atoms with Crippen LogP contribution in [-0.2, 0) is 19.3 Å². The van der Waals surface area contributed by atoms with Crippen molar-refractivity contribution in [1.82, 2.24) is 30.2 Å². The predicted molar refractivity (Wildman–Crippen MR) is 126 cm³/mol. The molecule has 1 fully saturated rings. The van der Waals surface area contributed by atoms with Gasteiger partial charge in [0.05, 0.1) is 18.3 Å². The Morgan fingerprint density at radius 2 is 1.86 bits per heavy atom. The van der Waals surface area contributed by atoms with E-state index in [0.717, 1.165) is 49.5 Å². The molecular weight excluding hydrogens is 497 g/mol. The fourth-order valence-electron chi connectivity index (χ4n) is 3.75. The van der Waals surface area contributed by atoms with Crippen molar-refractivity contribution in [1.29, 1.82) is 0 Å². The summed E-state index contributed by atoms with van der Waals surface area (Å²) in [4.78, 5) is 43.7. The van der Waals surface area contributed by atoms with Gasteiger partial charge in [-0.15, -0.1) is 11.3 Å². The molecule has 1 aliphatic rings. The Hall–Kier alpha value is -3.65. The summed E-state index contributed by atoms with van der Waals surface area (Å²) in [5, 5.41) is 5.48. The number of rotatable bonds is 7. The molecule has 36 heavy (non-hydrogen) atoms. The Labute approximate surface area is 208 Å². The van der Waals surface area contributed by atoms with Gasteiger partial charge in [-0.3, -0.25) is 14.5 Å². The lowest BCUT2D eigenvalue weighted by atomic mass is 10.1. The van der Waals surface area contributed by atoms with Crippen LogP contribution >= 0.6 is 11.3 Å². The summed E-state index contributed by atoms with van der Waals surface area (Å²) < 4.78 is 39.3. The quantitative estimate of drug-likeness (QED) is 0.432. The van der Waals surface area contributed by atoms with Crippen LogP contribution in [0.1, 0.15) is 54.7 Å². The molecule has 0 saturated carbocycles. The molecule has 1 saturated heterocycles. The molecule has 1 aliphatic heterocycles. The Morgan fingerprint density at radius 1 is 1.11 bits per heavy atom. The van der Waals surface area contributed by atoms with E-state index in [1.54, 1.807) is 0 Å². The number of hydrogen-bond acceptors (Lipinski definition) is 9. The lowest BCUT2D eigenvalue weighted by Gasteiger charge is -2.17. The van der Waals surface area contributed by atoms with Crippen LogP contribution in [0.5, 0.6) is 0 Å². The Kier molecular flexibility index (Phi) is 7.45. The molecule has 3 aromatic heterocycles. The van der Waals surface area contributed by atoms with Gasteiger partial charge in [0.15, 0.2) is 0 Å². The summed E-state index contributed by atoms with van der Waals surface area (Å²) in [5.41, 5.74) is 5.81. The number of alkyl halides is 3. The maximum absolute atomic E-state index is 13.1. The number of likely N-dealkylation sites (tertiary alicyclic amines) is 1. The molecule has 0 aliphatic carbocycles. The van der Waals surface area contributed by atoms with Gasteiger partial charge < -0.3 is 16.4 Å².